The van der Waals surface area contributed by atoms with Gasteiger partial charge in [0.05, 0.1) is 5.69 Å². The van der Waals surface area contributed by atoms with Crippen molar-refractivity contribution in [2.24, 2.45) is 5.41 Å². The second kappa shape index (κ2) is 4.63. The topological polar surface area (TPSA) is 46.1 Å². The van der Waals surface area contributed by atoms with Crippen LogP contribution in [0.4, 0.5) is 0 Å². The van der Waals surface area contributed by atoms with Gasteiger partial charge in [0.2, 0.25) is 0 Å². The van der Waals surface area contributed by atoms with Gasteiger partial charge in [0.1, 0.15) is 4.88 Å². The number of rotatable bonds is 2. The molecule has 1 aromatic carbocycles. The van der Waals surface area contributed by atoms with Gasteiger partial charge in [-0.2, -0.15) is 0 Å². The molecule has 1 saturated carbocycles. The number of likely N-dealkylation sites (tertiary alicyclic amines) is 1. The van der Waals surface area contributed by atoms with Gasteiger partial charge in [0.25, 0.3) is 5.91 Å². The molecule has 2 heterocycles. The van der Waals surface area contributed by atoms with E-state index in [2.05, 4.69) is 39.9 Å². The minimum Gasteiger partial charge on any atom is -0.337 e. The summed E-state index contributed by atoms with van der Waals surface area (Å²) in [5.41, 5.74) is 2.57. The van der Waals surface area contributed by atoms with Crippen LogP contribution in [-0.4, -0.2) is 33.5 Å². The third-order valence-corrected chi connectivity index (χ3v) is 5.63. The highest BCUT2D eigenvalue weighted by Crippen LogP contribution is 2.56. The van der Waals surface area contributed by atoms with Crippen LogP contribution in [-0.2, 0) is 0 Å². The molecule has 21 heavy (non-hydrogen) atoms. The van der Waals surface area contributed by atoms with Crippen LogP contribution in [0.1, 0.15) is 39.7 Å². The Hall–Kier alpha value is -1.75. The molecule has 0 atom stereocenters. The first-order chi connectivity index (χ1) is 10.2. The molecule has 5 heteroatoms. The highest BCUT2D eigenvalue weighted by Gasteiger charge is 2.54. The standard InChI is InChI=1S/C16H17N3OS/c1-11-14(21-18-17-11)15(20)19-9-16(10-19)7-13(8-16)12-5-3-2-4-6-12/h2-6,13H,7-10H2,1H3. The summed E-state index contributed by atoms with van der Waals surface area (Å²) >= 11 is 1.21. The fourth-order valence-corrected chi connectivity index (χ4v) is 4.31. The van der Waals surface area contributed by atoms with Crippen LogP contribution < -0.4 is 0 Å². The molecule has 2 aromatic rings. The van der Waals surface area contributed by atoms with Gasteiger partial charge < -0.3 is 4.90 Å². The molecule has 0 N–H and O–H groups in total. The van der Waals surface area contributed by atoms with Gasteiger partial charge in [-0.15, -0.1) is 5.10 Å². The minimum atomic E-state index is 0.108. The van der Waals surface area contributed by atoms with E-state index in [0.717, 1.165) is 18.8 Å². The monoisotopic (exact) mass is 299 g/mol. The van der Waals surface area contributed by atoms with E-state index in [0.29, 0.717) is 16.2 Å². The first-order valence-electron chi connectivity index (χ1n) is 7.30. The first kappa shape index (κ1) is 13.0. The number of carbonyl (C=O) groups is 1. The van der Waals surface area contributed by atoms with Gasteiger partial charge in [0.15, 0.2) is 0 Å². The number of hydrogen-bond donors (Lipinski definition) is 0. The Kier molecular flexibility index (Phi) is 2.85. The van der Waals surface area contributed by atoms with E-state index in [1.807, 2.05) is 11.8 Å². The predicted octanol–water partition coefficient (Wildman–Crippen LogP) is 2.87. The smallest absolute Gasteiger partial charge is 0.267 e. The van der Waals surface area contributed by atoms with Crippen molar-refractivity contribution in [1.82, 2.24) is 14.5 Å². The van der Waals surface area contributed by atoms with E-state index in [1.165, 1.54) is 29.9 Å². The number of amides is 1. The Morgan fingerprint density at radius 2 is 2.00 bits per heavy atom. The van der Waals surface area contributed by atoms with Crippen molar-refractivity contribution in [2.75, 3.05) is 13.1 Å². The van der Waals surface area contributed by atoms with Crippen molar-refractivity contribution >= 4 is 17.4 Å². The zero-order valence-electron chi connectivity index (χ0n) is 12.0. The number of nitrogens with zero attached hydrogens (tertiary/aromatic N) is 3. The summed E-state index contributed by atoms with van der Waals surface area (Å²) in [7, 11) is 0. The minimum absolute atomic E-state index is 0.108. The third kappa shape index (κ3) is 2.07. The lowest BCUT2D eigenvalue weighted by Gasteiger charge is -2.59. The van der Waals surface area contributed by atoms with Crippen molar-refractivity contribution < 1.29 is 4.79 Å². The summed E-state index contributed by atoms with van der Waals surface area (Å²) < 4.78 is 3.85. The molecule has 0 unspecified atom stereocenters. The number of benzene rings is 1. The number of hydrogen-bond acceptors (Lipinski definition) is 4. The Morgan fingerprint density at radius 3 is 2.62 bits per heavy atom. The van der Waals surface area contributed by atoms with Crippen LogP contribution in [0.5, 0.6) is 0 Å². The van der Waals surface area contributed by atoms with Gasteiger partial charge in [-0.25, -0.2) is 0 Å². The molecular weight excluding hydrogens is 282 g/mol. The maximum absolute atomic E-state index is 12.3. The number of carbonyl (C=O) groups excluding carboxylic acids is 1. The highest BCUT2D eigenvalue weighted by atomic mass is 32.1. The van der Waals surface area contributed by atoms with Gasteiger partial charge in [-0.3, -0.25) is 4.79 Å². The maximum atomic E-state index is 12.3. The summed E-state index contributed by atoms with van der Waals surface area (Å²) in [6.45, 7) is 3.64. The molecule has 4 nitrogen and oxygen atoms in total. The van der Waals surface area contributed by atoms with E-state index in [1.54, 1.807) is 0 Å². The third-order valence-electron chi connectivity index (χ3n) is 4.82. The summed E-state index contributed by atoms with van der Waals surface area (Å²) in [5.74, 6) is 0.784. The molecule has 0 radical (unpaired) electrons. The van der Waals surface area contributed by atoms with Crippen LogP contribution in [0.25, 0.3) is 0 Å². The van der Waals surface area contributed by atoms with Crippen molar-refractivity contribution in [3.63, 3.8) is 0 Å². The maximum Gasteiger partial charge on any atom is 0.267 e. The summed E-state index contributed by atoms with van der Waals surface area (Å²) in [5, 5.41) is 3.92. The fourth-order valence-electron chi connectivity index (χ4n) is 3.68. The average molecular weight is 299 g/mol. The van der Waals surface area contributed by atoms with E-state index < -0.39 is 0 Å². The Bertz CT molecular complexity index is 668. The van der Waals surface area contributed by atoms with Crippen molar-refractivity contribution in [1.29, 1.82) is 0 Å². The molecule has 1 amide bonds. The van der Waals surface area contributed by atoms with E-state index in [-0.39, 0.29) is 5.91 Å². The number of aryl methyl sites for hydroxylation is 1. The first-order valence-corrected chi connectivity index (χ1v) is 8.07. The van der Waals surface area contributed by atoms with Gasteiger partial charge in [-0.1, -0.05) is 34.8 Å². The second-order valence-corrected chi connectivity index (χ2v) is 7.12. The molecule has 1 saturated heterocycles. The predicted molar refractivity (Wildman–Crippen MR) is 81.4 cm³/mol. The molecule has 1 aromatic heterocycles. The summed E-state index contributed by atoms with van der Waals surface area (Å²) in [4.78, 5) is 15.0. The largest absolute Gasteiger partial charge is 0.337 e. The fraction of sp³-hybridized carbons (Fsp3) is 0.438. The molecule has 4 rings (SSSR count). The molecule has 108 valence electrons. The average Bonchev–Trinajstić information content (AvgIpc) is 2.83. The van der Waals surface area contributed by atoms with E-state index >= 15 is 0 Å². The second-order valence-electron chi connectivity index (χ2n) is 6.36. The van der Waals surface area contributed by atoms with Crippen LogP contribution in [0, 0.1) is 12.3 Å². The molecule has 1 spiro atoms. The van der Waals surface area contributed by atoms with Crippen molar-refractivity contribution in [2.45, 2.75) is 25.7 Å². The van der Waals surface area contributed by atoms with E-state index in [9.17, 15) is 4.79 Å². The molecular formula is C16H17N3OS. The Labute approximate surface area is 128 Å². The molecule has 2 fully saturated rings. The number of aromatic nitrogens is 2. The van der Waals surface area contributed by atoms with Gasteiger partial charge in [0, 0.05) is 18.5 Å². The quantitative estimate of drug-likeness (QED) is 0.856. The normalized spacial score (nSPS) is 20.1. The Morgan fingerprint density at radius 1 is 1.29 bits per heavy atom. The van der Waals surface area contributed by atoms with Crippen molar-refractivity contribution in [3.8, 4) is 0 Å². The lowest BCUT2D eigenvalue weighted by Crippen LogP contribution is -2.63. The zero-order valence-corrected chi connectivity index (χ0v) is 12.8. The molecule has 1 aliphatic carbocycles. The van der Waals surface area contributed by atoms with E-state index in [4.69, 9.17) is 0 Å². The van der Waals surface area contributed by atoms with Crippen LogP contribution in [0.2, 0.25) is 0 Å². The highest BCUT2D eigenvalue weighted by molar-refractivity contribution is 7.07. The lowest BCUT2D eigenvalue weighted by atomic mass is 9.56. The van der Waals surface area contributed by atoms with Crippen LogP contribution >= 0.6 is 11.5 Å². The Balaban J connectivity index is 1.37. The van der Waals surface area contributed by atoms with Crippen molar-refractivity contribution in [3.05, 3.63) is 46.5 Å². The molecule has 1 aliphatic heterocycles. The SMILES string of the molecule is Cc1nnsc1C(=O)N1CC2(CC(c3ccccc3)C2)C1. The summed E-state index contributed by atoms with van der Waals surface area (Å²) in [6, 6.07) is 10.7. The van der Waals surface area contributed by atoms with Gasteiger partial charge >= 0.3 is 0 Å². The van der Waals surface area contributed by atoms with Gasteiger partial charge in [-0.05, 0) is 42.8 Å². The molecule has 2 aliphatic rings. The summed E-state index contributed by atoms with van der Waals surface area (Å²) in [6.07, 6.45) is 2.42. The zero-order chi connectivity index (χ0) is 14.4. The molecule has 0 bridgehead atoms. The lowest BCUT2D eigenvalue weighted by molar-refractivity contribution is -0.0552. The van der Waals surface area contributed by atoms with Crippen LogP contribution in [0.3, 0.4) is 0 Å². The van der Waals surface area contributed by atoms with Crippen LogP contribution in [0.15, 0.2) is 30.3 Å².